The van der Waals surface area contributed by atoms with Crippen LogP contribution in [0.15, 0.2) is 431 Å². The van der Waals surface area contributed by atoms with Crippen LogP contribution in [0.25, 0.3) is 192 Å². The average Bonchev–Trinajstić information content (AvgIpc) is 1.60. The highest BCUT2D eigenvalue weighted by atomic mass is 15.0. The van der Waals surface area contributed by atoms with E-state index in [0.29, 0.717) is 0 Å². The Balaban J connectivity index is 0.000000108. The number of aromatic nitrogens is 3. The fourth-order valence-corrected chi connectivity index (χ4v) is 16.7. The number of rotatable bonds is 9. The van der Waals surface area contributed by atoms with Crippen molar-refractivity contribution in [3.05, 3.63) is 431 Å². The highest BCUT2D eigenvalue weighted by Gasteiger charge is 2.20. The molecule has 3 heterocycles. The zero-order valence-corrected chi connectivity index (χ0v) is 59.8. The summed E-state index contributed by atoms with van der Waals surface area (Å²) in [6.45, 7) is 0. The molecular weight excluding hydrogens is 1320 g/mol. The first-order valence-corrected chi connectivity index (χ1v) is 37.5. The zero-order chi connectivity index (χ0) is 72.1. The maximum absolute atomic E-state index is 2.40. The van der Waals surface area contributed by atoms with E-state index in [1.54, 1.807) is 0 Å². The lowest BCUT2D eigenvalue weighted by Gasteiger charge is -2.10. The molecular formula is C106H71N3. The molecule has 0 fully saturated rings. The van der Waals surface area contributed by atoms with Crippen molar-refractivity contribution in [3.63, 3.8) is 0 Å². The van der Waals surface area contributed by atoms with Crippen molar-refractivity contribution < 1.29 is 0 Å². The summed E-state index contributed by atoms with van der Waals surface area (Å²) >= 11 is 0. The molecule has 3 nitrogen and oxygen atoms in total. The fraction of sp³-hybridized carbons (Fsp3) is 0. The van der Waals surface area contributed by atoms with Crippen LogP contribution in [0.2, 0.25) is 0 Å². The van der Waals surface area contributed by atoms with Crippen LogP contribution in [-0.4, -0.2) is 13.7 Å². The van der Waals surface area contributed by atoms with Crippen LogP contribution < -0.4 is 0 Å². The van der Waals surface area contributed by atoms with Crippen molar-refractivity contribution in [2.75, 3.05) is 0 Å². The Labute approximate surface area is 632 Å². The van der Waals surface area contributed by atoms with Crippen LogP contribution in [0.3, 0.4) is 0 Å². The lowest BCUT2D eigenvalue weighted by atomic mass is 9.96. The molecule has 0 atom stereocenters. The molecule has 0 saturated carbocycles. The van der Waals surface area contributed by atoms with Gasteiger partial charge in [-0.3, -0.25) is 0 Å². The van der Waals surface area contributed by atoms with Crippen molar-refractivity contribution in [3.8, 4) is 83.8 Å². The summed E-state index contributed by atoms with van der Waals surface area (Å²) in [5, 5.41) is 18.0. The molecule has 109 heavy (non-hydrogen) atoms. The summed E-state index contributed by atoms with van der Waals surface area (Å²) in [5.41, 5.74) is 25.8. The second-order valence-electron chi connectivity index (χ2n) is 28.3. The minimum Gasteiger partial charge on any atom is -0.309 e. The van der Waals surface area contributed by atoms with Crippen LogP contribution in [0.5, 0.6) is 0 Å². The molecule has 0 aliphatic rings. The smallest absolute Gasteiger partial charge is 0.0547 e. The van der Waals surface area contributed by atoms with Gasteiger partial charge in [-0.25, -0.2) is 0 Å². The minimum atomic E-state index is 1.17. The third kappa shape index (κ3) is 11.7. The number of para-hydroxylation sites is 3. The maximum atomic E-state index is 2.40. The van der Waals surface area contributed by atoms with Crippen LogP contribution in [0.1, 0.15) is 0 Å². The average molecular weight is 1390 g/mol. The van der Waals surface area contributed by atoms with E-state index in [9.17, 15) is 0 Å². The Morgan fingerprint density at radius 2 is 0.367 bits per heavy atom. The molecule has 0 amide bonds. The third-order valence-electron chi connectivity index (χ3n) is 22.0. The predicted molar refractivity (Wildman–Crippen MR) is 465 cm³/mol. The summed E-state index contributed by atoms with van der Waals surface area (Å²) in [7, 11) is 0. The molecule has 0 aliphatic carbocycles. The quantitative estimate of drug-likeness (QED) is 0.137. The van der Waals surface area contributed by atoms with Gasteiger partial charge in [0.25, 0.3) is 0 Å². The molecule has 0 spiro atoms. The molecule has 22 rings (SSSR count). The van der Waals surface area contributed by atoms with Gasteiger partial charge in [-0.1, -0.05) is 334 Å². The topological polar surface area (TPSA) is 14.8 Å². The fourth-order valence-electron chi connectivity index (χ4n) is 16.7. The van der Waals surface area contributed by atoms with Gasteiger partial charge < -0.3 is 13.7 Å². The maximum Gasteiger partial charge on any atom is 0.0547 e. The predicted octanol–water partition coefficient (Wildman–Crippen LogP) is 29.0. The van der Waals surface area contributed by atoms with E-state index in [4.69, 9.17) is 0 Å². The lowest BCUT2D eigenvalue weighted by molar-refractivity contribution is 1.18. The van der Waals surface area contributed by atoms with Gasteiger partial charge >= 0.3 is 0 Å². The van der Waals surface area contributed by atoms with Crippen LogP contribution in [0, 0.1) is 0 Å². The molecule has 22 aromatic rings. The van der Waals surface area contributed by atoms with Gasteiger partial charge in [-0.05, 0) is 207 Å². The Bertz CT molecular complexity index is 7140. The SMILES string of the molecule is c1ccc(-c2ccc(-n3c4ccccc4c4c5cc(-c6ccc7ccccc7c6)ccc5ccc43)cc2)cc1.c1ccc(-c2ccc(-n3c4ccccc4c4c5cc(-c6ccccc6)ccc5ccc43)cc2)cc1.c1ccc(-c2ccc(-n3c4ccccc4c4c5ccc(-c6ccccc6)cc5ccc43)cc2)cc1. The molecule has 3 aromatic heterocycles. The standard InChI is InChI=1S/C38H25N.2C34H23N/c1-2-8-26(9-3-1)28-18-21-33(22-19-28)39-36-13-7-6-12-34(36)38-35-25-32(17-15-29(35)20-23-37(38)39)31-16-14-27-10-4-5-11-30(27)24-31;1-3-9-24(10-4-1)26-15-19-29(20-16-26)35-32-14-8-7-13-31(32)34-30-21-17-27(25-11-5-2-6-12-25)23-28(30)18-22-33(34)35;1-3-9-24(10-4-1)26-17-20-29(21-18-26)35-32-14-8-7-13-30(32)34-31-23-28(25-11-5-2-6-12-25)16-15-27(31)19-22-33(34)35/h1-25H;2*1-23H. The van der Waals surface area contributed by atoms with E-state index in [1.165, 1.54) is 192 Å². The van der Waals surface area contributed by atoms with Crippen molar-refractivity contribution in [1.29, 1.82) is 0 Å². The van der Waals surface area contributed by atoms with E-state index < -0.39 is 0 Å². The van der Waals surface area contributed by atoms with E-state index in [1.807, 2.05) is 0 Å². The van der Waals surface area contributed by atoms with Crippen molar-refractivity contribution >= 4 is 109 Å². The molecule has 0 bridgehead atoms. The summed E-state index contributed by atoms with van der Waals surface area (Å²) in [5.74, 6) is 0. The van der Waals surface area contributed by atoms with Gasteiger partial charge in [0.2, 0.25) is 0 Å². The van der Waals surface area contributed by atoms with E-state index >= 15 is 0 Å². The van der Waals surface area contributed by atoms with Gasteiger partial charge in [-0.15, -0.1) is 0 Å². The van der Waals surface area contributed by atoms with Crippen LogP contribution in [-0.2, 0) is 0 Å². The highest BCUT2D eigenvalue weighted by Crippen LogP contribution is 2.43. The largest absolute Gasteiger partial charge is 0.309 e. The summed E-state index contributed by atoms with van der Waals surface area (Å²) < 4.78 is 7.19. The first-order valence-electron chi connectivity index (χ1n) is 37.5. The van der Waals surface area contributed by atoms with Gasteiger partial charge in [0, 0.05) is 49.4 Å². The zero-order valence-electron chi connectivity index (χ0n) is 59.8. The molecule has 510 valence electrons. The number of hydrogen-bond acceptors (Lipinski definition) is 0. The van der Waals surface area contributed by atoms with Crippen molar-refractivity contribution in [1.82, 2.24) is 13.7 Å². The molecule has 0 radical (unpaired) electrons. The Morgan fingerprint density at radius 1 is 0.119 bits per heavy atom. The lowest BCUT2D eigenvalue weighted by Crippen LogP contribution is -1.93. The monoisotopic (exact) mass is 1390 g/mol. The Kier molecular flexibility index (Phi) is 16.3. The molecule has 0 N–H and O–H groups in total. The molecule has 0 saturated heterocycles. The summed E-state index contributed by atoms with van der Waals surface area (Å²) in [4.78, 5) is 0. The van der Waals surface area contributed by atoms with Gasteiger partial charge in [0.15, 0.2) is 0 Å². The van der Waals surface area contributed by atoms with Gasteiger partial charge in [-0.2, -0.15) is 0 Å². The van der Waals surface area contributed by atoms with Crippen molar-refractivity contribution in [2.24, 2.45) is 0 Å². The molecule has 0 unspecified atom stereocenters. The number of fused-ring (bicyclic) bond motifs is 16. The van der Waals surface area contributed by atoms with Crippen LogP contribution >= 0.6 is 0 Å². The molecule has 0 aliphatic heterocycles. The van der Waals surface area contributed by atoms with Crippen molar-refractivity contribution in [2.45, 2.75) is 0 Å². The third-order valence-corrected chi connectivity index (χ3v) is 22.0. The number of hydrogen-bond donors (Lipinski definition) is 0. The first kappa shape index (κ1) is 64.2. The molecule has 19 aromatic carbocycles. The Morgan fingerprint density at radius 3 is 0.761 bits per heavy atom. The van der Waals surface area contributed by atoms with E-state index in [-0.39, 0.29) is 0 Å². The number of nitrogens with zero attached hydrogens (tertiary/aromatic N) is 3. The minimum absolute atomic E-state index is 1.17. The summed E-state index contributed by atoms with van der Waals surface area (Å²) in [6.07, 6.45) is 0. The normalized spacial score (nSPS) is 11.5. The second-order valence-corrected chi connectivity index (χ2v) is 28.3. The highest BCUT2D eigenvalue weighted by molar-refractivity contribution is 6.24. The Hall–Kier alpha value is -14.4. The van der Waals surface area contributed by atoms with Crippen LogP contribution in [0.4, 0.5) is 0 Å². The first-order chi connectivity index (χ1) is 54.1. The number of benzene rings is 19. The van der Waals surface area contributed by atoms with Gasteiger partial charge in [0.05, 0.1) is 33.1 Å². The summed E-state index contributed by atoms with van der Waals surface area (Å²) in [6, 6.07) is 155. The molecule has 3 heteroatoms. The second kappa shape index (κ2) is 27.6. The van der Waals surface area contributed by atoms with Gasteiger partial charge in [0.1, 0.15) is 0 Å². The van der Waals surface area contributed by atoms with E-state index in [0.717, 1.165) is 0 Å². The van der Waals surface area contributed by atoms with E-state index in [2.05, 4.69) is 444 Å².